The average molecular weight is 260 g/mol. The smallest absolute Gasteiger partial charge is 0.125 e. The number of methoxy groups -OCH3 is 1. The Morgan fingerprint density at radius 3 is 2.53 bits per heavy atom. The molecule has 0 aromatic heterocycles. The minimum absolute atomic E-state index is 0.399. The maximum absolute atomic E-state index is 13.4. The van der Waals surface area contributed by atoms with Gasteiger partial charge in [-0.1, -0.05) is 29.8 Å². The molecule has 0 aliphatic carbocycles. The molecular formula is C16H17FO2. The summed E-state index contributed by atoms with van der Waals surface area (Å²) in [6, 6.07) is 11.7. The molecule has 0 fully saturated rings. The van der Waals surface area contributed by atoms with Crippen LogP contribution in [0.4, 0.5) is 4.39 Å². The molecule has 19 heavy (non-hydrogen) atoms. The van der Waals surface area contributed by atoms with E-state index in [2.05, 4.69) is 0 Å². The van der Waals surface area contributed by atoms with Crippen molar-refractivity contribution in [2.75, 3.05) is 7.11 Å². The van der Waals surface area contributed by atoms with E-state index in [9.17, 15) is 9.50 Å². The zero-order chi connectivity index (χ0) is 14.0. The van der Waals surface area contributed by atoms with Crippen LogP contribution in [0.15, 0.2) is 42.5 Å². The summed E-state index contributed by atoms with van der Waals surface area (Å²) in [6.07, 6.45) is 0. The topological polar surface area (TPSA) is 29.5 Å². The number of benzene rings is 2. The number of aryl methyl sites for hydroxylation is 1. The fraction of sp³-hybridized carbons (Fsp3) is 0.250. The second-order valence-electron chi connectivity index (χ2n) is 4.79. The van der Waals surface area contributed by atoms with E-state index < -0.39 is 11.4 Å². The van der Waals surface area contributed by atoms with Crippen LogP contribution in [0.25, 0.3) is 0 Å². The van der Waals surface area contributed by atoms with Crippen molar-refractivity contribution in [3.05, 3.63) is 65.0 Å². The number of aliphatic hydroxyl groups is 1. The van der Waals surface area contributed by atoms with Gasteiger partial charge in [0.05, 0.1) is 7.11 Å². The van der Waals surface area contributed by atoms with E-state index in [-0.39, 0.29) is 0 Å². The van der Waals surface area contributed by atoms with Crippen LogP contribution < -0.4 is 4.74 Å². The van der Waals surface area contributed by atoms with E-state index in [1.807, 2.05) is 31.2 Å². The first-order chi connectivity index (χ1) is 8.95. The van der Waals surface area contributed by atoms with Crippen LogP contribution in [0.5, 0.6) is 5.75 Å². The highest BCUT2D eigenvalue weighted by molar-refractivity contribution is 5.45. The molecule has 1 N–H and O–H groups in total. The molecule has 0 aliphatic rings. The number of ether oxygens (including phenoxy) is 1. The van der Waals surface area contributed by atoms with Gasteiger partial charge in [0.15, 0.2) is 0 Å². The minimum Gasteiger partial charge on any atom is -0.496 e. The van der Waals surface area contributed by atoms with Crippen molar-refractivity contribution in [2.24, 2.45) is 0 Å². The van der Waals surface area contributed by atoms with Crippen LogP contribution in [0, 0.1) is 12.7 Å². The lowest BCUT2D eigenvalue weighted by molar-refractivity contribution is 0.0985. The van der Waals surface area contributed by atoms with Gasteiger partial charge >= 0.3 is 0 Å². The SMILES string of the molecule is COc1ccc(F)cc1C(C)(O)c1cccc(C)c1. The van der Waals surface area contributed by atoms with Crippen molar-refractivity contribution in [3.8, 4) is 5.75 Å². The Kier molecular flexibility index (Phi) is 3.58. The Hall–Kier alpha value is -1.87. The molecule has 1 unspecified atom stereocenters. The molecule has 0 bridgehead atoms. The molecule has 0 spiro atoms. The summed E-state index contributed by atoms with van der Waals surface area (Å²) in [7, 11) is 1.50. The summed E-state index contributed by atoms with van der Waals surface area (Å²) < 4.78 is 18.7. The molecule has 0 saturated heterocycles. The first-order valence-corrected chi connectivity index (χ1v) is 6.08. The van der Waals surface area contributed by atoms with Crippen LogP contribution in [-0.4, -0.2) is 12.2 Å². The summed E-state index contributed by atoms with van der Waals surface area (Å²) in [5.41, 5.74) is 0.851. The molecule has 1 atom stereocenters. The molecular weight excluding hydrogens is 243 g/mol. The average Bonchev–Trinajstić information content (AvgIpc) is 2.38. The minimum atomic E-state index is -1.31. The molecule has 100 valence electrons. The normalized spacial score (nSPS) is 13.9. The highest BCUT2D eigenvalue weighted by atomic mass is 19.1. The summed E-state index contributed by atoms with van der Waals surface area (Å²) in [5, 5.41) is 10.8. The lowest BCUT2D eigenvalue weighted by Crippen LogP contribution is -2.24. The Morgan fingerprint density at radius 1 is 1.16 bits per heavy atom. The third kappa shape index (κ3) is 2.61. The predicted octanol–water partition coefficient (Wildman–Crippen LogP) is 3.40. The second-order valence-corrected chi connectivity index (χ2v) is 4.79. The van der Waals surface area contributed by atoms with E-state index in [1.54, 1.807) is 6.92 Å². The van der Waals surface area contributed by atoms with E-state index in [0.29, 0.717) is 16.9 Å². The number of hydrogen-bond acceptors (Lipinski definition) is 2. The highest BCUT2D eigenvalue weighted by Gasteiger charge is 2.29. The summed E-state index contributed by atoms with van der Waals surface area (Å²) in [6.45, 7) is 3.58. The lowest BCUT2D eigenvalue weighted by atomic mass is 9.87. The van der Waals surface area contributed by atoms with Gasteiger partial charge < -0.3 is 9.84 Å². The lowest BCUT2D eigenvalue weighted by Gasteiger charge is -2.26. The fourth-order valence-electron chi connectivity index (χ4n) is 2.16. The van der Waals surface area contributed by atoms with Crippen molar-refractivity contribution in [2.45, 2.75) is 19.4 Å². The van der Waals surface area contributed by atoms with Gasteiger partial charge in [-0.3, -0.25) is 0 Å². The van der Waals surface area contributed by atoms with Crippen LogP contribution in [0.1, 0.15) is 23.6 Å². The van der Waals surface area contributed by atoms with Crippen LogP contribution >= 0.6 is 0 Å². The van der Waals surface area contributed by atoms with Crippen LogP contribution in [0.3, 0.4) is 0 Å². The Morgan fingerprint density at radius 2 is 1.89 bits per heavy atom. The standard InChI is InChI=1S/C16H17FO2/c1-11-5-4-6-12(9-11)16(2,18)14-10-13(17)7-8-15(14)19-3/h4-10,18H,1-3H3. The van der Waals surface area contributed by atoms with Gasteiger partial charge in [-0.05, 0) is 37.6 Å². The highest BCUT2D eigenvalue weighted by Crippen LogP contribution is 2.35. The zero-order valence-corrected chi connectivity index (χ0v) is 11.3. The molecule has 2 aromatic rings. The quantitative estimate of drug-likeness (QED) is 0.916. The number of rotatable bonds is 3. The molecule has 0 radical (unpaired) electrons. The Balaban J connectivity index is 2.58. The third-order valence-electron chi connectivity index (χ3n) is 3.27. The Labute approximate surface area is 112 Å². The molecule has 2 nitrogen and oxygen atoms in total. The van der Waals surface area contributed by atoms with E-state index >= 15 is 0 Å². The summed E-state index contributed by atoms with van der Waals surface area (Å²) in [5.74, 6) is 0.0663. The van der Waals surface area contributed by atoms with Gasteiger partial charge in [0, 0.05) is 5.56 Å². The van der Waals surface area contributed by atoms with Crippen molar-refractivity contribution in [1.29, 1.82) is 0 Å². The summed E-state index contributed by atoms with van der Waals surface area (Å²) >= 11 is 0. The largest absolute Gasteiger partial charge is 0.496 e. The first-order valence-electron chi connectivity index (χ1n) is 6.08. The van der Waals surface area contributed by atoms with Crippen molar-refractivity contribution >= 4 is 0 Å². The van der Waals surface area contributed by atoms with Gasteiger partial charge in [0.1, 0.15) is 17.2 Å². The maximum Gasteiger partial charge on any atom is 0.125 e. The van der Waals surface area contributed by atoms with Crippen molar-refractivity contribution in [3.63, 3.8) is 0 Å². The Bertz CT molecular complexity index is 591. The molecule has 0 saturated carbocycles. The molecule has 0 aliphatic heterocycles. The molecule has 0 amide bonds. The van der Waals surface area contributed by atoms with Crippen LogP contribution in [0.2, 0.25) is 0 Å². The van der Waals surface area contributed by atoms with Crippen LogP contribution in [-0.2, 0) is 5.60 Å². The number of halogens is 1. The number of hydrogen-bond donors (Lipinski definition) is 1. The zero-order valence-electron chi connectivity index (χ0n) is 11.3. The second kappa shape index (κ2) is 5.02. The predicted molar refractivity (Wildman–Crippen MR) is 72.8 cm³/mol. The monoisotopic (exact) mass is 260 g/mol. The first kappa shape index (κ1) is 13.6. The fourth-order valence-corrected chi connectivity index (χ4v) is 2.16. The molecule has 0 heterocycles. The molecule has 2 aromatic carbocycles. The third-order valence-corrected chi connectivity index (χ3v) is 3.27. The summed E-state index contributed by atoms with van der Waals surface area (Å²) in [4.78, 5) is 0. The van der Waals surface area contributed by atoms with Crippen molar-refractivity contribution in [1.82, 2.24) is 0 Å². The van der Waals surface area contributed by atoms with Crippen molar-refractivity contribution < 1.29 is 14.2 Å². The van der Waals surface area contributed by atoms with Gasteiger partial charge in [0.25, 0.3) is 0 Å². The van der Waals surface area contributed by atoms with Gasteiger partial charge in [-0.25, -0.2) is 4.39 Å². The van der Waals surface area contributed by atoms with E-state index in [1.165, 1.54) is 25.3 Å². The molecule has 3 heteroatoms. The van der Waals surface area contributed by atoms with Gasteiger partial charge in [0.2, 0.25) is 0 Å². The molecule has 2 rings (SSSR count). The van der Waals surface area contributed by atoms with Gasteiger partial charge in [-0.2, -0.15) is 0 Å². The maximum atomic E-state index is 13.4. The van der Waals surface area contributed by atoms with E-state index in [0.717, 1.165) is 5.56 Å². The van der Waals surface area contributed by atoms with Gasteiger partial charge in [-0.15, -0.1) is 0 Å². The van der Waals surface area contributed by atoms with E-state index in [4.69, 9.17) is 4.74 Å².